The first-order chi connectivity index (χ1) is 8.25. The van der Waals surface area contributed by atoms with Crippen LogP contribution in [0.2, 0.25) is 0 Å². The average Bonchev–Trinajstić information content (AvgIpc) is 2.85. The predicted molar refractivity (Wildman–Crippen MR) is 65.8 cm³/mol. The first-order valence-corrected chi connectivity index (χ1v) is 6.35. The fourth-order valence-electron chi connectivity index (χ4n) is 2.88. The van der Waals surface area contributed by atoms with Crippen molar-refractivity contribution in [3.05, 3.63) is 35.4 Å². The molecule has 2 aliphatic rings. The van der Waals surface area contributed by atoms with Crippen molar-refractivity contribution in [2.24, 2.45) is 5.92 Å². The first-order valence-electron chi connectivity index (χ1n) is 6.35. The summed E-state index contributed by atoms with van der Waals surface area (Å²) in [6, 6.07) is 8.73. The Balaban J connectivity index is 1.79. The van der Waals surface area contributed by atoms with Gasteiger partial charge in [0.05, 0.1) is 25.4 Å². The van der Waals surface area contributed by atoms with E-state index in [9.17, 15) is 5.11 Å². The Morgan fingerprint density at radius 2 is 2.12 bits per heavy atom. The fraction of sp³-hybridized carbons (Fsp3) is 0.571. The van der Waals surface area contributed by atoms with E-state index >= 15 is 0 Å². The Hall–Kier alpha value is -0.900. The Bertz CT molecular complexity index is 407. The summed E-state index contributed by atoms with van der Waals surface area (Å²) >= 11 is 0. The average molecular weight is 233 g/mol. The van der Waals surface area contributed by atoms with E-state index in [1.165, 1.54) is 11.1 Å². The Labute approximate surface area is 102 Å². The molecule has 0 radical (unpaired) electrons. The largest absolute Gasteiger partial charge is 0.391 e. The Morgan fingerprint density at radius 3 is 2.88 bits per heavy atom. The van der Waals surface area contributed by atoms with Gasteiger partial charge in [0.1, 0.15) is 0 Å². The van der Waals surface area contributed by atoms with Crippen molar-refractivity contribution in [1.82, 2.24) is 5.32 Å². The van der Waals surface area contributed by atoms with Crippen LogP contribution in [-0.2, 0) is 11.2 Å². The van der Waals surface area contributed by atoms with Crippen LogP contribution in [0.1, 0.15) is 24.1 Å². The van der Waals surface area contributed by atoms with Crippen LogP contribution in [0, 0.1) is 5.92 Å². The highest BCUT2D eigenvalue weighted by molar-refractivity contribution is 5.36. The highest BCUT2D eigenvalue weighted by Gasteiger charge is 2.34. The topological polar surface area (TPSA) is 41.5 Å². The lowest BCUT2D eigenvalue weighted by Gasteiger charge is -2.24. The van der Waals surface area contributed by atoms with Gasteiger partial charge in [-0.05, 0) is 17.0 Å². The summed E-state index contributed by atoms with van der Waals surface area (Å²) in [5.41, 5.74) is 2.52. The lowest BCUT2D eigenvalue weighted by Crippen LogP contribution is -2.40. The van der Waals surface area contributed by atoms with Gasteiger partial charge in [-0.15, -0.1) is 0 Å². The van der Waals surface area contributed by atoms with Crippen LogP contribution in [0.25, 0.3) is 0 Å². The molecule has 4 atom stereocenters. The summed E-state index contributed by atoms with van der Waals surface area (Å²) < 4.78 is 5.46. The van der Waals surface area contributed by atoms with Crippen molar-refractivity contribution in [2.45, 2.75) is 31.5 Å². The minimum absolute atomic E-state index is 0.0698. The molecular weight excluding hydrogens is 214 g/mol. The standard InChI is InChI=1S/C14H19NO2/c1-9-7-17-8-12(9)15-14-11-5-3-2-4-10(11)6-13(14)16/h2-5,9,12-16H,6-8H2,1H3. The van der Waals surface area contributed by atoms with E-state index in [-0.39, 0.29) is 12.1 Å². The minimum atomic E-state index is -0.305. The van der Waals surface area contributed by atoms with Crippen molar-refractivity contribution in [3.8, 4) is 0 Å². The van der Waals surface area contributed by atoms with E-state index in [0.717, 1.165) is 19.6 Å². The van der Waals surface area contributed by atoms with Gasteiger partial charge >= 0.3 is 0 Å². The molecule has 1 heterocycles. The second-order valence-electron chi connectivity index (χ2n) is 5.24. The van der Waals surface area contributed by atoms with Crippen molar-refractivity contribution in [2.75, 3.05) is 13.2 Å². The highest BCUT2D eigenvalue weighted by Crippen LogP contribution is 2.32. The number of benzene rings is 1. The van der Waals surface area contributed by atoms with E-state index in [0.29, 0.717) is 12.0 Å². The molecule has 3 heteroatoms. The molecule has 1 aromatic carbocycles. The van der Waals surface area contributed by atoms with Crippen LogP contribution in [0.5, 0.6) is 0 Å². The third kappa shape index (κ3) is 1.99. The second kappa shape index (κ2) is 4.41. The van der Waals surface area contributed by atoms with Crippen molar-refractivity contribution < 1.29 is 9.84 Å². The number of nitrogens with one attached hydrogen (secondary N) is 1. The number of hydrogen-bond acceptors (Lipinski definition) is 3. The minimum Gasteiger partial charge on any atom is -0.391 e. The van der Waals surface area contributed by atoms with E-state index in [4.69, 9.17) is 4.74 Å². The summed E-state index contributed by atoms with van der Waals surface area (Å²) in [6.07, 6.45) is 0.454. The van der Waals surface area contributed by atoms with Crippen LogP contribution >= 0.6 is 0 Å². The SMILES string of the molecule is CC1COCC1NC1c2ccccc2CC1O. The number of rotatable bonds is 2. The quantitative estimate of drug-likeness (QED) is 0.808. The molecule has 0 saturated carbocycles. The Morgan fingerprint density at radius 1 is 1.29 bits per heavy atom. The van der Waals surface area contributed by atoms with E-state index in [1.807, 2.05) is 12.1 Å². The predicted octanol–water partition coefficient (Wildman–Crippen LogP) is 1.27. The summed E-state index contributed by atoms with van der Waals surface area (Å²) in [5.74, 6) is 0.523. The van der Waals surface area contributed by atoms with Crippen molar-refractivity contribution in [3.63, 3.8) is 0 Å². The normalized spacial score (nSPS) is 36.1. The molecule has 1 fully saturated rings. The molecule has 0 aromatic heterocycles. The molecule has 17 heavy (non-hydrogen) atoms. The van der Waals surface area contributed by atoms with Crippen LogP contribution in [0.15, 0.2) is 24.3 Å². The summed E-state index contributed by atoms with van der Waals surface area (Å²) in [5, 5.41) is 13.7. The molecule has 3 rings (SSSR count). The van der Waals surface area contributed by atoms with Gasteiger partial charge in [0.2, 0.25) is 0 Å². The van der Waals surface area contributed by atoms with E-state index in [2.05, 4.69) is 24.4 Å². The molecule has 3 nitrogen and oxygen atoms in total. The van der Waals surface area contributed by atoms with Crippen LogP contribution < -0.4 is 5.32 Å². The van der Waals surface area contributed by atoms with Crippen LogP contribution in [-0.4, -0.2) is 30.5 Å². The maximum absolute atomic E-state index is 10.2. The van der Waals surface area contributed by atoms with E-state index < -0.39 is 0 Å². The molecule has 1 saturated heterocycles. The molecule has 2 N–H and O–H groups in total. The lowest BCUT2D eigenvalue weighted by atomic mass is 10.0. The van der Waals surface area contributed by atoms with Gasteiger partial charge in [-0.2, -0.15) is 0 Å². The monoisotopic (exact) mass is 233 g/mol. The smallest absolute Gasteiger partial charge is 0.0775 e. The molecule has 1 aromatic rings. The number of aliphatic hydroxyl groups excluding tert-OH is 1. The first kappa shape index (κ1) is 11.2. The molecule has 0 bridgehead atoms. The van der Waals surface area contributed by atoms with Crippen LogP contribution in [0.3, 0.4) is 0 Å². The second-order valence-corrected chi connectivity index (χ2v) is 5.24. The zero-order valence-corrected chi connectivity index (χ0v) is 10.1. The van der Waals surface area contributed by atoms with Gasteiger partial charge < -0.3 is 15.2 Å². The number of ether oxygens (including phenoxy) is 1. The Kier molecular flexibility index (Phi) is 2.90. The molecular formula is C14H19NO2. The van der Waals surface area contributed by atoms with Crippen molar-refractivity contribution in [1.29, 1.82) is 0 Å². The van der Waals surface area contributed by atoms with Gasteiger partial charge in [0.15, 0.2) is 0 Å². The maximum Gasteiger partial charge on any atom is 0.0775 e. The summed E-state index contributed by atoms with van der Waals surface area (Å²) in [6.45, 7) is 3.77. The van der Waals surface area contributed by atoms with Gasteiger partial charge in [-0.25, -0.2) is 0 Å². The van der Waals surface area contributed by atoms with Gasteiger partial charge in [0.25, 0.3) is 0 Å². The molecule has 92 valence electrons. The van der Waals surface area contributed by atoms with E-state index in [1.54, 1.807) is 0 Å². The zero-order chi connectivity index (χ0) is 11.8. The molecule has 0 spiro atoms. The maximum atomic E-state index is 10.2. The third-order valence-electron chi connectivity index (χ3n) is 3.96. The number of hydrogen-bond donors (Lipinski definition) is 2. The zero-order valence-electron chi connectivity index (χ0n) is 10.1. The summed E-state index contributed by atoms with van der Waals surface area (Å²) in [7, 11) is 0. The van der Waals surface area contributed by atoms with Gasteiger partial charge in [0, 0.05) is 12.5 Å². The number of fused-ring (bicyclic) bond motifs is 1. The molecule has 1 aliphatic carbocycles. The molecule has 0 amide bonds. The summed E-state index contributed by atoms with van der Waals surface area (Å²) in [4.78, 5) is 0. The fourth-order valence-corrected chi connectivity index (χ4v) is 2.88. The van der Waals surface area contributed by atoms with Crippen molar-refractivity contribution >= 4 is 0 Å². The lowest BCUT2D eigenvalue weighted by molar-refractivity contribution is 0.128. The van der Waals surface area contributed by atoms with Crippen LogP contribution in [0.4, 0.5) is 0 Å². The van der Waals surface area contributed by atoms with Gasteiger partial charge in [-0.3, -0.25) is 0 Å². The number of aliphatic hydroxyl groups is 1. The van der Waals surface area contributed by atoms with Gasteiger partial charge in [-0.1, -0.05) is 31.2 Å². The molecule has 4 unspecified atom stereocenters. The molecule has 1 aliphatic heterocycles. The highest BCUT2D eigenvalue weighted by atomic mass is 16.5. The third-order valence-corrected chi connectivity index (χ3v) is 3.96.